The second kappa shape index (κ2) is 4.76. The largest absolute Gasteiger partial charge is 0.464 e. The zero-order valence-corrected chi connectivity index (χ0v) is 7.65. The van der Waals surface area contributed by atoms with Gasteiger partial charge in [-0.1, -0.05) is 6.92 Å². The van der Waals surface area contributed by atoms with Crippen molar-refractivity contribution in [2.75, 3.05) is 13.2 Å². The van der Waals surface area contributed by atoms with Crippen molar-refractivity contribution in [3.8, 4) is 0 Å². The quantitative estimate of drug-likeness (QED) is 0.374. The van der Waals surface area contributed by atoms with Crippen molar-refractivity contribution in [1.29, 1.82) is 0 Å². The number of hydrogen-bond acceptors (Lipinski definition) is 5. The molecular weight excluding hydrogens is 178 g/mol. The number of rotatable bonds is 5. The van der Waals surface area contributed by atoms with E-state index in [1.165, 1.54) is 6.92 Å². The number of carbonyl (C=O) groups excluding carboxylic acids is 1. The molecule has 0 amide bonds. The van der Waals surface area contributed by atoms with Gasteiger partial charge in [-0.3, -0.25) is 10.1 Å². The Hall–Kier alpha value is -1.17. The highest BCUT2D eigenvalue weighted by molar-refractivity contribution is 5.79. The first kappa shape index (κ1) is 11.8. The summed E-state index contributed by atoms with van der Waals surface area (Å²) in [5, 5.41) is 19.6. The second-order valence-electron chi connectivity index (χ2n) is 2.60. The molecule has 6 nitrogen and oxygen atoms in total. The van der Waals surface area contributed by atoms with Crippen LogP contribution in [0, 0.1) is 10.1 Å². The number of aliphatic hydroxyl groups is 1. The highest BCUT2D eigenvalue weighted by Gasteiger charge is 2.41. The first-order valence-electron chi connectivity index (χ1n) is 3.97. The summed E-state index contributed by atoms with van der Waals surface area (Å²) in [6, 6.07) is 0. The van der Waals surface area contributed by atoms with Crippen molar-refractivity contribution >= 4 is 5.97 Å². The molecule has 0 bridgehead atoms. The number of ether oxygens (including phenoxy) is 1. The fourth-order valence-corrected chi connectivity index (χ4v) is 0.800. The van der Waals surface area contributed by atoms with E-state index >= 15 is 0 Å². The fourth-order valence-electron chi connectivity index (χ4n) is 0.800. The van der Waals surface area contributed by atoms with E-state index in [0.29, 0.717) is 0 Å². The van der Waals surface area contributed by atoms with Gasteiger partial charge in [0.05, 0.1) is 6.61 Å². The summed E-state index contributed by atoms with van der Waals surface area (Å²) < 4.78 is 4.51. The molecule has 0 aliphatic carbocycles. The van der Waals surface area contributed by atoms with Crippen LogP contribution in [0.15, 0.2) is 0 Å². The van der Waals surface area contributed by atoms with Crippen molar-refractivity contribution < 1.29 is 19.6 Å². The lowest BCUT2D eigenvalue weighted by Crippen LogP contribution is -2.45. The van der Waals surface area contributed by atoms with E-state index in [1.807, 2.05) is 0 Å². The summed E-state index contributed by atoms with van der Waals surface area (Å²) in [5.41, 5.74) is -1.99. The van der Waals surface area contributed by atoms with Crippen LogP contribution in [0.1, 0.15) is 20.3 Å². The van der Waals surface area contributed by atoms with Crippen molar-refractivity contribution in [3.63, 3.8) is 0 Å². The van der Waals surface area contributed by atoms with E-state index in [1.54, 1.807) is 6.92 Å². The third-order valence-electron chi connectivity index (χ3n) is 1.63. The van der Waals surface area contributed by atoms with Gasteiger partial charge in [0.2, 0.25) is 12.1 Å². The maximum atomic E-state index is 11.1. The van der Waals surface area contributed by atoms with E-state index in [0.717, 1.165) is 0 Å². The Kier molecular flexibility index (Phi) is 4.33. The van der Waals surface area contributed by atoms with Crippen molar-refractivity contribution in [2.24, 2.45) is 0 Å². The number of hydrogen-bond donors (Lipinski definition) is 1. The zero-order valence-electron chi connectivity index (χ0n) is 7.65. The molecule has 0 aliphatic heterocycles. The molecule has 0 aromatic heterocycles. The van der Waals surface area contributed by atoms with Crippen LogP contribution in [-0.2, 0) is 9.53 Å². The number of carbonyl (C=O) groups is 1. The van der Waals surface area contributed by atoms with E-state index in [-0.39, 0.29) is 13.0 Å². The molecule has 0 aromatic carbocycles. The Bertz CT molecular complexity index is 205. The van der Waals surface area contributed by atoms with E-state index < -0.39 is 23.0 Å². The fraction of sp³-hybridized carbons (Fsp3) is 0.857. The molecule has 76 valence electrons. The second-order valence-corrected chi connectivity index (χ2v) is 2.60. The molecule has 0 aromatic rings. The van der Waals surface area contributed by atoms with Gasteiger partial charge in [0.25, 0.3) is 0 Å². The van der Waals surface area contributed by atoms with E-state index in [2.05, 4.69) is 4.74 Å². The maximum absolute atomic E-state index is 11.1. The maximum Gasteiger partial charge on any atom is 0.345 e. The zero-order chi connectivity index (χ0) is 10.5. The minimum Gasteiger partial charge on any atom is -0.464 e. The van der Waals surface area contributed by atoms with Gasteiger partial charge < -0.3 is 9.84 Å². The molecule has 0 fully saturated rings. The molecule has 1 atom stereocenters. The summed E-state index contributed by atoms with van der Waals surface area (Å²) >= 11 is 0. The van der Waals surface area contributed by atoms with Gasteiger partial charge in [-0.2, -0.15) is 0 Å². The van der Waals surface area contributed by atoms with Gasteiger partial charge in [-0.15, -0.1) is 0 Å². The van der Waals surface area contributed by atoms with Crippen LogP contribution in [-0.4, -0.2) is 34.8 Å². The molecular formula is C7H13NO5. The van der Waals surface area contributed by atoms with Crippen molar-refractivity contribution in [2.45, 2.75) is 25.9 Å². The topological polar surface area (TPSA) is 89.7 Å². The summed E-state index contributed by atoms with van der Waals surface area (Å²) in [6.45, 7) is 2.34. The Morgan fingerprint density at radius 1 is 1.62 bits per heavy atom. The number of nitrogens with zero attached hydrogens (tertiary/aromatic N) is 1. The number of nitro groups is 1. The third-order valence-corrected chi connectivity index (χ3v) is 1.63. The minimum absolute atomic E-state index is 0.0349. The predicted molar refractivity (Wildman–Crippen MR) is 43.7 cm³/mol. The summed E-state index contributed by atoms with van der Waals surface area (Å²) in [5.74, 6) is -0.936. The van der Waals surface area contributed by atoms with Gasteiger partial charge in [0.1, 0.15) is 0 Å². The standard InChI is InChI=1S/C7H13NO5/c1-3-7(10,5-8(11)12)6(9)13-4-2/h10H,3-5H2,1-2H3/t7-/m1/s1. The molecule has 0 saturated carbocycles. The Morgan fingerprint density at radius 3 is 2.46 bits per heavy atom. The summed E-state index contributed by atoms with van der Waals surface area (Å²) in [7, 11) is 0. The summed E-state index contributed by atoms with van der Waals surface area (Å²) in [4.78, 5) is 20.4. The molecule has 0 saturated heterocycles. The monoisotopic (exact) mass is 191 g/mol. The average Bonchev–Trinajstić information content (AvgIpc) is 2.03. The lowest BCUT2D eigenvalue weighted by Gasteiger charge is -2.19. The first-order chi connectivity index (χ1) is 5.96. The molecule has 13 heavy (non-hydrogen) atoms. The molecule has 6 heteroatoms. The smallest absolute Gasteiger partial charge is 0.345 e. The van der Waals surface area contributed by atoms with Crippen LogP contribution in [0.5, 0.6) is 0 Å². The molecule has 0 aliphatic rings. The van der Waals surface area contributed by atoms with Crippen LogP contribution in [0.2, 0.25) is 0 Å². The van der Waals surface area contributed by atoms with Gasteiger partial charge in [-0.05, 0) is 13.3 Å². The van der Waals surface area contributed by atoms with Gasteiger partial charge in [0, 0.05) is 4.92 Å². The highest BCUT2D eigenvalue weighted by atomic mass is 16.6. The van der Waals surface area contributed by atoms with Gasteiger partial charge >= 0.3 is 5.97 Å². The summed E-state index contributed by atoms with van der Waals surface area (Å²) in [6.07, 6.45) is -0.0349. The Balaban J connectivity index is 4.42. The Morgan fingerprint density at radius 2 is 2.15 bits per heavy atom. The van der Waals surface area contributed by atoms with Gasteiger partial charge in [0.15, 0.2) is 0 Å². The van der Waals surface area contributed by atoms with Crippen LogP contribution >= 0.6 is 0 Å². The van der Waals surface area contributed by atoms with Crippen molar-refractivity contribution in [1.82, 2.24) is 0 Å². The van der Waals surface area contributed by atoms with Crippen LogP contribution < -0.4 is 0 Å². The third kappa shape index (κ3) is 3.37. The minimum atomic E-state index is -1.99. The predicted octanol–water partition coefficient (Wildman–Crippen LogP) is -0.0327. The average molecular weight is 191 g/mol. The Labute approximate surface area is 75.7 Å². The van der Waals surface area contributed by atoms with Crippen LogP contribution in [0.3, 0.4) is 0 Å². The molecule has 0 spiro atoms. The molecule has 0 heterocycles. The van der Waals surface area contributed by atoms with Gasteiger partial charge in [-0.25, -0.2) is 4.79 Å². The molecule has 0 unspecified atom stereocenters. The normalized spacial score (nSPS) is 14.7. The lowest BCUT2D eigenvalue weighted by atomic mass is 10.0. The van der Waals surface area contributed by atoms with Crippen molar-refractivity contribution in [3.05, 3.63) is 10.1 Å². The molecule has 0 rings (SSSR count). The van der Waals surface area contributed by atoms with Crippen LogP contribution in [0.4, 0.5) is 0 Å². The van der Waals surface area contributed by atoms with E-state index in [4.69, 9.17) is 0 Å². The highest BCUT2D eigenvalue weighted by Crippen LogP contribution is 2.12. The first-order valence-corrected chi connectivity index (χ1v) is 3.97. The lowest BCUT2D eigenvalue weighted by molar-refractivity contribution is -0.497. The number of esters is 1. The van der Waals surface area contributed by atoms with E-state index in [9.17, 15) is 20.0 Å². The molecule has 0 radical (unpaired) electrons. The van der Waals surface area contributed by atoms with Crippen LogP contribution in [0.25, 0.3) is 0 Å². The SMILES string of the molecule is CCOC(=O)[C@@](O)(CC)C[N+](=O)[O-]. The molecule has 1 N–H and O–H groups in total.